The molecule has 0 aliphatic carbocycles. The van der Waals surface area contributed by atoms with Crippen LogP contribution in [-0.2, 0) is 13.1 Å². The minimum atomic E-state index is -0.0211. The van der Waals surface area contributed by atoms with E-state index in [1.165, 1.54) is 0 Å². The van der Waals surface area contributed by atoms with Gasteiger partial charge in [0.25, 0.3) is 5.91 Å². The van der Waals surface area contributed by atoms with Gasteiger partial charge in [-0.1, -0.05) is 11.6 Å². The summed E-state index contributed by atoms with van der Waals surface area (Å²) >= 11 is 9.15. The molecule has 130 valence electrons. The van der Waals surface area contributed by atoms with Crippen molar-refractivity contribution in [3.05, 3.63) is 52.1 Å². The first kappa shape index (κ1) is 15.9. The van der Waals surface area contributed by atoms with Gasteiger partial charge in [0.2, 0.25) is 0 Å². The van der Waals surface area contributed by atoms with Crippen molar-refractivity contribution < 1.29 is 4.79 Å². The molecule has 0 atom stereocenters. The first-order valence-electron chi connectivity index (χ1n) is 8.00. The van der Waals surface area contributed by atoms with Crippen LogP contribution in [0, 0.1) is 0 Å². The van der Waals surface area contributed by atoms with Gasteiger partial charge in [-0.3, -0.25) is 4.79 Å². The van der Waals surface area contributed by atoms with Crippen molar-refractivity contribution >= 4 is 49.7 Å². The number of benzene rings is 1. The smallest absolute Gasteiger partial charge is 0.254 e. The van der Waals surface area contributed by atoms with Gasteiger partial charge in [-0.05, 0) is 35.7 Å². The summed E-state index contributed by atoms with van der Waals surface area (Å²) in [5, 5.41) is 12.2. The molecule has 1 amide bonds. The number of carbonyl (C=O) groups excluding carboxylic acids is 1. The number of carbonyl (C=O) groups is 1. The molecule has 1 aromatic carbocycles. The molecule has 1 aliphatic heterocycles. The first-order chi connectivity index (χ1) is 12.7. The van der Waals surface area contributed by atoms with E-state index in [9.17, 15) is 4.79 Å². The number of aromatic nitrogens is 4. The molecule has 6 nitrogen and oxygen atoms in total. The van der Waals surface area contributed by atoms with Gasteiger partial charge in [0, 0.05) is 23.7 Å². The van der Waals surface area contributed by atoms with Gasteiger partial charge in [-0.2, -0.15) is 0 Å². The number of thiazole rings is 1. The van der Waals surface area contributed by atoms with E-state index >= 15 is 0 Å². The Morgan fingerprint density at radius 3 is 2.77 bits per heavy atom. The first-order valence-corrected chi connectivity index (χ1v) is 10.1. The lowest BCUT2D eigenvalue weighted by molar-refractivity contribution is 0.0708. The minimum Gasteiger partial charge on any atom is -0.329 e. The van der Waals surface area contributed by atoms with Crippen molar-refractivity contribution in [2.45, 2.75) is 13.1 Å². The topological polar surface area (TPSA) is 63.9 Å². The Morgan fingerprint density at radius 2 is 1.96 bits per heavy atom. The molecule has 0 unspecified atom stereocenters. The molecule has 4 heterocycles. The highest BCUT2D eigenvalue weighted by Crippen LogP contribution is 2.33. The molecule has 4 aromatic rings. The van der Waals surface area contributed by atoms with Gasteiger partial charge in [-0.15, -0.1) is 32.9 Å². The lowest BCUT2D eigenvalue weighted by Crippen LogP contribution is -2.38. The monoisotopic (exact) mass is 401 g/mol. The van der Waals surface area contributed by atoms with Crippen molar-refractivity contribution in [1.29, 1.82) is 0 Å². The number of hydrogen-bond donors (Lipinski definition) is 0. The molecule has 0 fully saturated rings. The number of halogens is 1. The fourth-order valence-corrected chi connectivity index (χ4v) is 5.08. The van der Waals surface area contributed by atoms with Crippen LogP contribution in [0.3, 0.4) is 0 Å². The second-order valence-corrected chi connectivity index (χ2v) is 8.30. The van der Waals surface area contributed by atoms with Crippen molar-refractivity contribution in [3.63, 3.8) is 0 Å². The van der Waals surface area contributed by atoms with E-state index in [0.29, 0.717) is 30.2 Å². The maximum atomic E-state index is 12.7. The summed E-state index contributed by atoms with van der Waals surface area (Å²) in [6.07, 6.45) is 0. The maximum absolute atomic E-state index is 12.7. The molecular formula is C17H12ClN5OS2. The highest BCUT2D eigenvalue weighted by Gasteiger charge is 2.26. The molecule has 0 spiro atoms. The van der Waals surface area contributed by atoms with Gasteiger partial charge < -0.3 is 9.47 Å². The van der Waals surface area contributed by atoms with Gasteiger partial charge in [0.05, 0.1) is 11.2 Å². The zero-order valence-electron chi connectivity index (χ0n) is 13.4. The van der Waals surface area contributed by atoms with Crippen LogP contribution in [-0.4, -0.2) is 37.1 Å². The van der Waals surface area contributed by atoms with E-state index in [2.05, 4.69) is 25.8 Å². The summed E-state index contributed by atoms with van der Waals surface area (Å²) < 4.78 is 3.23. The molecule has 0 saturated heterocycles. The number of fused-ring (bicyclic) bond motifs is 2. The maximum Gasteiger partial charge on any atom is 0.254 e. The Bertz CT molecular complexity index is 1090. The summed E-state index contributed by atoms with van der Waals surface area (Å²) in [7, 11) is 0. The predicted molar refractivity (Wildman–Crippen MR) is 103 cm³/mol. The molecule has 1 aliphatic rings. The Labute approximate surface area is 161 Å². The van der Waals surface area contributed by atoms with Crippen LogP contribution in [0.25, 0.3) is 20.4 Å². The lowest BCUT2D eigenvalue weighted by Gasteiger charge is -2.27. The average Bonchev–Trinajstić information content (AvgIpc) is 3.35. The van der Waals surface area contributed by atoms with E-state index < -0.39 is 0 Å². The zero-order valence-corrected chi connectivity index (χ0v) is 15.8. The van der Waals surface area contributed by atoms with Crippen LogP contribution < -0.4 is 0 Å². The minimum absolute atomic E-state index is 0.0211. The third-order valence-electron chi connectivity index (χ3n) is 4.34. The van der Waals surface area contributed by atoms with Crippen LogP contribution in [0.5, 0.6) is 0 Å². The fourth-order valence-electron chi connectivity index (χ4n) is 3.03. The molecule has 0 N–H and O–H groups in total. The molecule has 5 rings (SSSR count). The molecule has 3 aromatic heterocycles. The summed E-state index contributed by atoms with van der Waals surface area (Å²) in [5.41, 5.74) is 0.628. The van der Waals surface area contributed by atoms with Crippen LogP contribution in [0.4, 0.5) is 0 Å². The summed E-state index contributed by atoms with van der Waals surface area (Å²) in [5.74, 6) is 1.55. The second kappa shape index (κ2) is 6.15. The Balaban J connectivity index is 1.42. The summed E-state index contributed by atoms with van der Waals surface area (Å²) in [4.78, 5) is 20.2. The van der Waals surface area contributed by atoms with E-state index in [1.54, 1.807) is 51.8 Å². The van der Waals surface area contributed by atoms with Crippen molar-refractivity contribution in [2.24, 2.45) is 0 Å². The highest BCUT2D eigenvalue weighted by atomic mass is 35.5. The normalized spacial score (nSPS) is 14.0. The molecule has 0 saturated carbocycles. The van der Waals surface area contributed by atoms with E-state index in [1.807, 2.05) is 5.38 Å². The van der Waals surface area contributed by atoms with Crippen LogP contribution in [0.2, 0.25) is 5.02 Å². The van der Waals surface area contributed by atoms with Crippen molar-refractivity contribution in [1.82, 2.24) is 24.6 Å². The van der Waals surface area contributed by atoms with E-state index in [-0.39, 0.29) is 5.91 Å². The average molecular weight is 402 g/mol. The number of amides is 1. The van der Waals surface area contributed by atoms with E-state index in [4.69, 9.17) is 11.6 Å². The molecule has 26 heavy (non-hydrogen) atoms. The third-order valence-corrected chi connectivity index (χ3v) is 6.55. The molecular weight excluding hydrogens is 390 g/mol. The standard InChI is InChI=1S/C17H12ClN5OS2/c18-11-3-1-10(2-4-11)17(24)22-6-7-23-13(9-22)20-21-14(23)16-19-15-12(26-16)5-8-25-15/h1-5,8H,6-7,9H2. The van der Waals surface area contributed by atoms with E-state index in [0.717, 1.165) is 26.2 Å². The number of nitrogens with zero attached hydrogens (tertiary/aromatic N) is 5. The highest BCUT2D eigenvalue weighted by molar-refractivity contribution is 7.27. The fraction of sp³-hybridized carbons (Fsp3) is 0.176. The van der Waals surface area contributed by atoms with Crippen molar-refractivity contribution in [2.75, 3.05) is 6.54 Å². The molecule has 9 heteroatoms. The second-order valence-electron chi connectivity index (χ2n) is 5.93. The van der Waals surface area contributed by atoms with Crippen LogP contribution in [0.1, 0.15) is 16.2 Å². The predicted octanol–water partition coefficient (Wildman–Crippen LogP) is 3.93. The lowest BCUT2D eigenvalue weighted by atomic mass is 10.2. The Hall–Kier alpha value is -2.29. The number of thiophene rings is 1. The van der Waals surface area contributed by atoms with Gasteiger partial charge in [0.15, 0.2) is 16.7 Å². The number of hydrogen-bond acceptors (Lipinski definition) is 6. The number of rotatable bonds is 2. The van der Waals surface area contributed by atoms with Crippen LogP contribution >= 0.6 is 34.3 Å². The van der Waals surface area contributed by atoms with Gasteiger partial charge in [0.1, 0.15) is 4.83 Å². The van der Waals surface area contributed by atoms with Gasteiger partial charge in [-0.25, -0.2) is 4.98 Å². The summed E-state index contributed by atoms with van der Waals surface area (Å²) in [6, 6.07) is 9.03. The Morgan fingerprint density at radius 1 is 1.12 bits per heavy atom. The van der Waals surface area contributed by atoms with Gasteiger partial charge >= 0.3 is 0 Å². The molecule has 0 bridgehead atoms. The Kier molecular flexibility index (Phi) is 3.77. The summed E-state index contributed by atoms with van der Waals surface area (Å²) in [6.45, 7) is 1.71. The SMILES string of the molecule is O=C(c1ccc(Cl)cc1)N1CCn2c(nnc2-c2nc3sccc3s2)C1. The quantitative estimate of drug-likeness (QED) is 0.510. The van der Waals surface area contributed by atoms with Crippen LogP contribution in [0.15, 0.2) is 35.7 Å². The zero-order chi connectivity index (χ0) is 17.7. The molecule has 0 radical (unpaired) electrons. The largest absolute Gasteiger partial charge is 0.329 e. The van der Waals surface area contributed by atoms with Crippen molar-refractivity contribution in [3.8, 4) is 10.8 Å². The third kappa shape index (κ3) is 2.61.